The van der Waals surface area contributed by atoms with Gasteiger partial charge in [-0.2, -0.15) is 0 Å². The summed E-state index contributed by atoms with van der Waals surface area (Å²) in [5, 5.41) is 13.8. The van der Waals surface area contributed by atoms with Gasteiger partial charge < -0.3 is 25.4 Å². The van der Waals surface area contributed by atoms with Crippen LogP contribution in [0.5, 0.6) is 0 Å². The van der Waals surface area contributed by atoms with Crippen LogP contribution < -0.4 is 5.73 Å². The van der Waals surface area contributed by atoms with Gasteiger partial charge in [0.1, 0.15) is 17.9 Å². The van der Waals surface area contributed by atoms with Gasteiger partial charge in [-0.1, -0.05) is 5.11 Å². The number of phosphoric acid groups is 1. The van der Waals surface area contributed by atoms with Gasteiger partial charge in [0.05, 0.1) is 25.1 Å². The maximum absolute atomic E-state index is 10.9. The van der Waals surface area contributed by atoms with E-state index in [1.54, 1.807) is 0 Å². The minimum absolute atomic E-state index is 0.129. The normalized spacial score (nSPS) is 26.7. The Kier molecular flexibility index (Phi) is 4.58. The third-order valence-electron chi connectivity index (χ3n) is 3.59. The number of imidazole rings is 1. The molecule has 15 heteroatoms. The predicted octanol–water partition coefficient (Wildman–Crippen LogP) is -0.545. The first kappa shape index (κ1) is 17.5. The molecular formula is C10H13N8O6P. The van der Waals surface area contributed by atoms with Crippen molar-refractivity contribution in [1.82, 2.24) is 19.5 Å². The van der Waals surface area contributed by atoms with Crippen LogP contribution in [-0.4, -0.2) is 59.3 Å². The van der Waals surface area contributed by atoms with Gasteiger partial charge in [-0.05, 0) is 5.53 Å². The van der Waals surface area contributed by atoms with E-state index in [1.807, 2.05) is 0 Å². The molecule has 5 N–H and O–H groups in total. The molecule has 1 aliphatic rings. The molecule has 0 aromatic carbocycles. The Morgan fingerprint density at radius 2 is 2.24 bits per heavy atom. The standard InChI is InChI=1S/C10H13N8O6P/c11-8-6-9(14-2-13-8)18(3-15-6)10-7(19)5(16-17-12)4(24-10)1-23-25(20,21)22/h2-5,7,10,19H,1H2,(H2,11,13,14)(H2,20,21,22). The summed E-state index contributed by atoms with van der Waals surface area (Å²) >= 11 is 0. The second-order valence-corrected chi connectivity index (χ2v) is 6.36. The van der Waals surface area contributed by atoms with Crippen LogP contribution in [0.25, 0.3) is 21.6 Å². The monoisotopic (exact) mass is 372 g/mol. The molecular weight excluding hydrogens is 359 g/mol. The van der Waals surface area contributed by atoms with Crippen LogP contribution in [0.2, 0.25) is 0 Å². The highest BCUT2D eigenvalue weighted by Gasteiger charge is 2.45. The Hall–Kier alpha value is -2.31. The maximum atomic E-state index is 10.9. The SMILES string of the molecule is [N-]=[N+]=NC1C(COP(=O)(O)O)OC(n2cnc3c(N)ncnc32)C1O. The lowest BCUT2D eigenvalue weighted by Crippen LogP contribution is -2.32. The number of aromatic nitrogens is 4. The second kappa shape index (κ2) is 6.54. The molecule has 0 saturated carbocycles. The number of nitrogen functional groups attached to an aromatic ring is 1. The molecule has 0 bridgehead atoms. The minimum Gasteiger partial charge on any atom is -0.388 e. The molecule has 0 spiro atoms. The van der Waals surface area contributed by atoms with Crippen molar-refractivity contribution >= 4 is 24.8 Å². The van der Waals surface area contributed by atoms with E-state index in [4.69, 9.17) is 25.8 Å². The van der Waals surface area contributed by atoms with Gasteiger partial charge in [0.2, 0.25) is 0 Å². The molecule has 0 radical (unpaired) electrons. The fraction of sp³-hybridized carbons (Fsp3) is 0.500. The van der Waals surface area contributed by atoms with Crippen molar-refractivity contribution in [3.8, 4) is 0 Å². The number of phosphoric ester groups is 1. The van der Waals surface area contributed by atoms with E-state index in [1.165, 1.54) is 17.2 Å². The average Bonchev–Trinajstić information content (AvgIpc) is 3.09. The highest BCUT2D eigenvalue weighted by atomic mass is 31.2. The number of hydrogen-bond acceptors (Lipinski definition) is 9. The molecule has 3 rings (SSSR count). The molecule has 14 nitrogen and oxygen atoms in total. The van der Waals surface area contributed by atoms with Crippen LogP contribution in [0.4, 0.5) is 5.82 Å². The molecule has 1 saturated heterocycles. The number of fused-ring (bicyclic) bond motifs is 1. The van der Waals surface area contributed by atoms with E-state index < -0.39 is 38.9 Å². The maximum Gasteiger partial charge on any atom is 0.469 e. The van der Waals surface area contributed by atoms with Gasteiger partial charge in [-0.15, -0.1) is 0 Å². The van der Waals surface area contributed by atoms with Crippen molar-refractivity contribution < 1.29 is 28.7 Å². The summed E-state index contributed by atoms with van der Waals surface area (Å²) < 4.78 is 22.2. The zero-order valence-corrected chi connectivity index (χ0v) is 13.3. The third-order valence-corrected chi connectivity index (χ3v) is 4.08. The van der Waals surface area contributed by atoms with Crippen LogP contribution in [0.3, 0.4) is 0 Å². The Bertz CT molecular complexity index is 877. The molecule has 0 aliphatic carbocycles. The lowest BCUT2D eigenvalue weighted by molar-refractivity contribution is -0.0483. The first-order valence-corrected chi connectivity index (χ1v) is 8.35. The van der Waals surface area contributed by atoms with Gasteiger partial charge in [0.25, 0.3) is 0 Å². The van der Waals surface area contributed by atoms with Crippen molar-refractivity contribution in [2.75, 3.05) is 12.3 Å². The topological polar surface area (TPSA) is 215 Å². The number of aliphatic hydroxyl groups is 1. The number of azide groups is 1. The number of hydrogen-bond donors (Lipinski definition) is 4. The second-order valence-electron chi connectivity index (χ2n) is 5.12. The summed E-state index contributed by atoms with van der Waals surface area (Å²) in [6, 6.07) is -1.14. The molecule has 25 heavy (non-hydrogen) atoms. The summed E-state index contributed by atoms with van der Waals surface area (Å²) in [5.41, 5.74) is 14.9. The van der Waals surface area contributed by atoms with Crippen LogP contribution in [0.15, 0.2) is 17.8 Å². The lowest BCUT2D eigenvalue weighted by atomic mass is 10.1. The first-order chi connectivity index (χ1) is 11.8. The number of anilines is 1. The summed E-state index contributed by atoms with van der Waals surface area (Å²) in [4.78, 5) is 32.1. The third kappa shape index (κ3) is 3.41. The number of nitrogens with zero attached hydrogens (tertiary/aromatic N) is 7. The van der Waals surface area contributed by atoms with E-state index in [0.717, 1.165) is 0 Å². The van der Waals surface area contributed by atoms with Crippen molar-refractivity contribution in [3.63, 3.8) is 0 Å². The van der Waals surface area contributed by atoms with Crippen molar-refractivity contribution in [3.05, 3.63) is 23.1 Å². The first-order valence-electron chi connectivity index (χ1n) is 6.82. The van der Waals surface area contributed by atoms with Crippen molar-refractivity contribution in [2.45, 2.75) is 24.5 Å². The van der Waals surface area contributed by atoms with E-state index >= 15 is 0 Å². The fourth-order valence-electron chi connectivity index (χ4n) is 2.53. The number of aliphatic hydroxyl groups excluding tert-OH is 1. The molecule has 2 aromatic heterocycles. The molecule has 1 aliphatic heterocycles. The Balaban J connectivity index is 1.92. The average molecular weight is 372 g/mol. The molecule has 0 amide bonds. The van der Waals surface area contributed by atoms with Gasteiger partial charge in [0, 0.05) is 4.91 Å². The Morgan fingerprint density at radius 1 is 1.48 bits per heavy atom. The molecule has 4 atom stereocenters. The van der Waals surface area contributed by atoms with E-state index in [0.29, 0.717) is 0 Å². The lowest BCUT2D eigenvalue weighted by Gasteiger charge is -2.16. The zero-order chi connectivity index (χ0) is 18.2. The van der Waals surface area contributed by atoms with Crippen LogP contribution in [0.1, 0.15) is 6.23 Å². The number of ether oxygens (including phenoxy) is 1. The smallest absolute Gasteiger partial charge is 0.388 e. The molecule has 3 heterocycles. The summed E-state index contributed by atoms with van der Waals surface area (Å²) in [6.07, 6.45) is -1.01. The minimum atomic E-state index is -4.76. The Labute approximate surface area is 139 Å². The summed E-state index contributed by atoms with van der Waals surface area (Å²) in [5.74, 6) is 0.129. The van der Waals surface area contributed by atoms with E-state index in [9.17, 15) is 9.67 Å². The van der Waals surface area contributed by atoms with Crippen LogP contribution in [-0.2, 0) is 13.8 Å². The quantitative estimate of drug-likeness (QED) is 0.227. The highest BCUT2D eigenvalue weighted by Crippen LogP contribution is 2.39. The van der Waals surface area contributed by atoms with Crippen molar-refractivity contribution in [2.24, 2.45) is 5.11 Å². The van der Waals surface area contributed by atoms with Gasteiger partial charge in [0.15, 0.2) is 17.7 Å². The fourth-order valence-corrected chi connectivity index (χ4v) is 2.87. The molecule has 4 unspecified atom stereocenters. The molecule has 1 fully saturated rings. The van der Waals surface area contributed by atoms with Gasteiger partial charge in [-0.25, -0.2) is 19.5 Å². The van der Waals surface area contributed by atoms with Crippen LogP contribution >= 0.6 is 7.82 Å². The predicted molar refractivity (Wildman–Crippen MR) is 80.6 cm³/mol. The highest BCUT2D eigenvalue weighted by molar-refractivity contribution is 7.46. The van der Waals surface area contributed by atoms with Gasteiger partial charge >= 0.3 is 7.82 Å². The molecule has 134 valence electrons. The zero-order valence-electron chi connectivity index (χ0n) is 12.4. The van der Waals surface area contributed by atoms with E-state index in [2.05, 4.69) is 29.5 Å². The van der Waals surface area contributed by atoms with Crippen LogP contribution in [0, 0.1) is 0 Å². The summed E-state index contributed by atoms with van der Waals surface area (Å²) in [7, 11) is -4.76. The van der Waals surface area contributed by atoms with Gasteiger partial charge in [-0.3, -0.25) is 9.09 Å². The summed E-state index contributed by atoms with van der Waals surface area (Å²) in [6.45, 7) is -0.592. The Morgan fingerprint density at radius 3 is 2.92 bits per heavy atom. The number of rotatable bonds is 5. The van der Waals surface area contributed by atoms with Crippen molar-refractivity contribution in [1.29, 1.82) is 0 Å². The largest absolute Gasteiger partial charge is 0.469 e. The van der Waals surface area contributed by atoms with E-state index in [-0.39, 0.29) is 17.0 Å². The molecule has 2 aromatic rings. The number of nitrogens with two attached hydrogens (primary N) is 1.